The first kappa shape index (κ1) is 15.2. The van der Waals surface area contributed by atoms with Gasteiger partial charge in [-0.25, -0.2) is 0 Å². The Morgan fingerprint density at radius 1 is 1.35 bits per heavy atom. The van der Waals surface area contributed by atoms with Crippen molar-refractivity contribution in [2.24, 2.45) is 12.8 Å². The number of hydrogen-bond donors (Lipinski definition) is 1. The molecule has 3 rings (SSSR count). The smallest absolute Gasteiger partial charge is 0.259 e. The van der Waals surface area contributed by atoms with Crippen LogP contribution in [0.15, 0.2) is 41.3 Å². The highest BCUT2D eigenvalue weighted by atomic mass is 32.1. The van der Waals surface area contributed by atoms with Crippen molar-refractivity contribution >= 4 is 33.6 Å². The molecule has 2 heterocycles. The van der Waals surface area contributed by atoms with Gasteiger partial charge < -0.3 is 10.3 Å². The van der Waals surface area contributed by atoms with Gasteiger partial charge in [0.25, 0.3) is 5.56 Å². The summed E-state index contributed by atoms with van der Waals surface area (Å²) in [6.07, 6.45) is 2.66. The number of pyridine rings is 1. The van der Waals surface area contributed by atoms with Crippen LogP contribution in [-0.2, 0) is 18.3 Å². The molecule has 6 heteroatoms. The normalized spacial score (nSPS) is 10.8. The summed E-state index contributed by atoms with van der Waals surface area (Å²) in [5.74, 6) is -0.396. The van der Waals surface area contributed by atoms with E-state index in [2.05, 4.69) is 0 Å². The van der Waals surface area contributed by atoms with Crippen LogP contribution in [0.2, 0.25) is 0 Å². The molecule has 0 aliphatic carbocycles. The molecule has 0 atom stereocenters. The number of aromatic nitrogens is 1. The number of carbonyl (C=O) groups is 2. The van der Waals surface area contributed by atoms with Gasteiger partial charge in [0, 0.05) is 23.5 Å². The van der Waals surface area contributed by atoms with E-state index in [1.165, 1.54) is 15.9 Å². The van der Waals surface area contributed by atoms with E-state index in [0.29, 0.717) is 10.3 Å². The minimum atomic E-state index is -0.396. The second-order valence-electron chi connectivity index (χ2n) is 5.31. The fourth-order valence-corrected chi connectivity index (χ4v) is 3.58. The fourth-order valence-electron chi connectivity index (χ4n) is 2.58. The van der Waals surface area contributed by atoms with Crippen LogP contribution in [-0.4, -0.2) is 16.8 Å². The number of carbonyl (C=O) groups excluding carboxylic acids is 2. The summed E-state index contributed by atoms with van der Waals surface area (Å²) in [7, 11) is 1.68. The zero-order valence-corrected chi connectivity index (χ0v) is 13.2. The molecular formula is C17H14N2O3S. The highest BCUT2D eigenvalue weighted by Crippen LogP contribution is 2.33. The van der Waals surface area contributed by atoms with Crippen LogP contribution in [0.25, 0.3) is 21.2 Å². The molecule has 1 aromatic carbocycles. The third-order valence-corrected chi connectivity index (χ3v) is 4.70. The van der Waals surface area contributed by atoms with E-state index in [-0.39, 0.29) is 12.0 Å². The molecule has 3 aromatic rings. The first-order chi connectivity index (χ1) is 11.0. The van der Waals surface area contributed by atoms with Crippen LogP contribution < -0.4 is 11.3 Å². The Bertz CT molecular complexity index is 985. The summed E-state index contributed by atoms with van der Waals surface area (Å²) < 4.78 is 2.27. The Balaban J connectivity index is 2.25. The van der Waals surface area contributed by atoms with E-state index in [4.69, 9.17) is 5.73 Å². The van der Waals surface area contributed by atoms with Gasteiger partial charge >= 0.3 is 0 Å². The van der Waals surface area contributed by atoms with E-state index in [0.717, 1.165) is 27.7 Å². The molecule has 0 aliphatic rings. The number of aldehydes is 1. The third kappa shape index (κ3) is 2.80. The van der Waals surface area contributed by atoms with E-state index in [1.54, 1.807) is 19.3 Å². The molecule has 2 N–H and O–H groups in total. The molecule has 0 aliphatic heterocycles. The summed E-state index contributed by atoms with van der Waals surface area (Å²) >= 11 is 1.29. The number of hydrogen-bond acceptors (Lipinski definition) is 4. The standard InChI is InChI=1S/C17H14N2O3S/c1-19-8-14(11-4-2-3-10(5-11)6-15(18)21)16-13(17(19)22)7-12(9-20)23-16/h2-5,7-9H,6H2,1H3,(H2,18,21). The van der Waals surface area contributed by atoms with Gasteiger partial charge in [-0.2, -0.15) is 0 Å². The van der Waals surface area contributed by atoms with Crippen molar-refractivity contribution in [1.29, 1.82) is 0 Å². The maximum atomic E-state index is 12.2. The topological polar surface area (TPSA) is 82.2 Å². The lowest BCUT2D eigenvalue weighted by molar-refractivity contribution is -0.117. The Morgan fingerprint density at radius 3 is 2.83 bits per heavy atom. The van der Waals surface area contributed by atoms with E-state index in [1.807, 2.05) is 24.3 Å². The molecule has 0 spiro atoms. The van der Waals surface area contributed by atoms with Gasteiger partial charge in [0.05, 0.1) is 16.7 Å². The molecule has 1 amide bonds. The van der Waals surface area contributed by atoms with Gasteiger partial charge in [-0.3, -0.25) is 14.4 Å². The highest BCUT2D eigenvalue weighted by molar-refractivity contribution is 7.21. The van der Waals surface area contributed by atoms with Crippen molar-refractivity contribution in [3.05, 3.63) is 57.3 Å². The first-order valence-electron chi connectivity index (χ1n) is 6.95. The minimum Gasteiger partial charge on any atom is -0.369 e. The third-order valence-electron chi connectivity index (χ3n) is 3.60. The van der Waals surface area contributed by atoms with E-state index >= 15 is 0 Å². The maximum Gasteiger partial charge on any atom is 0.259 e. The Kier molecular flexibility index (Phi) is 3.83. The lowest BCUT2D eigenvalue weighted by atomic mass is 10.0. The quantitative estimate of drug-likeness (QED) is 0.745. The SMILES string of the molecule is Cn1cc(-c2cccc(CC(N)=O)c2)c2sc(C=O)cc2c1=O. The van der Waals surface area contributed by atoms with Gasteiger partial charge in [-0.1, -0.05) is 24.3 Å². The Labute approximate surface area is 136 Å². The molecule has 0 radical (unpaired) electrons. The molecule has 0 saturated heterocycles. The average molecular weight is 326 g/mol. The predicted octanol–water partition coefficient (Wildman–Crippen LogP) is 2.11. The van der Waals surface area contributed by atoms with Crippen LogP contribution in [0.5, 0.6) is 0 Å². The van der Waals surface area contributed by atoms with Gasteiger partial charge in [0.15, 0.2) is 6.29 Å². The largest absolute Gasteiger partial charge is 0.369 e. The predicted molar refractivity (Wildman–Crippen MR) is 90.8 cm³/mol. The zero-order chi connectivity index (χ0) is 16.6. The van der Waals surface area contributed by atoms with Gasteiger partial charge in [-0.05, 0) is 17.2 Å². The summed E-state index contributed by atoms with van der Waals surface area (Å²) in [6, 6.07) is 9.08. The Hall–Kier alpha value is -2.73. The zero-order valence-electron chi connectivity index (χ0n) is 12.4. The number of aryl methyl sites for hydroxylation is 1. The van der Waals surface area contributed by atoms with Crippen LogP contribution in [0.4, 0.5) is 0 Å². The average Bonchev–Trinajstić information content (AvgIpc) is 2.95. The van der Waals surface area contributed by atoms with Crippen LogP contribution in [0.1, 0.15) is 15.2 Å². The number of fused-ring (bicyclic) bond motifs is 1. The van der Waals surface area contributed by atoms with Crippen LogP contribution in [0, 0.1) is 0 Å². The van der Waals surface area contributed by atoms with Crippen molar-refractivity contribution in [1.82, 2.24) is 4.57 Å². The lowest BCUT2D eigenvalue weighted by Gasteiger charge is -2.08. The summed E-state index contributed by atoms with van der Waals surface area (Å²) in [4.78, 5) is 34.9. The second kappa shape index (κ2) is 5.81. The van der Waals surface area contributed by atoms with Crippen LogP contribution >= 0.6 is 11.3 Å². The number of nitrogens with two attached hydrogens (primary N) is 1. The van der Waals surface area contributed by atoms with Crippen molar-refractivity contribution in [3.63, 3.8) is 0 Å². The molecule has 0 saturated carbocycles. The first-order valence-corrected chi connectivity index (χ1v) is 7.77. The van der Waals surface area contributed by atoms with E-state index in [9.17, 15) is 14.4 Å². The number of benzene rings is 1. The number of primary amides is 1. The molecule has 0 bridgehead atoms. The summed E-state index contributed by atoms with van der Waals surface area (Å²) in [5, 5.41) is 0.525. The molecule has 116 valence electrons. The van der Waals surface area contributed by atoms with Crippen molar-refractivity contribution < 1.29 is 9.59 Å². The molecule has 0 unspecified atom stereocenters. The highest BCUT2D eigenvalue weighted by Gasteiger charge is 2.13. The summed E-state index contributed by atoms with van der Waals surface area (Å²) in [6.45, 7) is 0. The Morgan fingerprint density at radius 2 is 2.13 bits per heavy atom. The van der Waals surface area contributed by atoms with Gasteiger partial charge in [0.1, 0.15) is 0 Å². The number of rotatable bonds is 4. The molecule has 5 nitrogen and oxygen atoms in total. The lowest BCUT2D eigenvalue weighted by Crippen LogP contribution is -2.15. The molecular weight excluding hydrogens is 312 g/mol. The fraction of sp³-hybridized carbons (Fsp3) is 0.118. The molecule has 2 aromatic heterocycles. The monoisotopic (exact) mass is 326 g/mol. The van der Waals surface area contributed by atoms with E-state index < -0.39 is 5.91 Å². The number of nitrogens with zero attached hydrogens (tertiary/aromatic N) is 1. The van der Waals surface area contributed by atoms with Crippen molar-refractivity contribution in [2.75, 3.05) is 0 Å². The molecule has 0 fully saturated rings. The summed E-state index contributed by atoms with van der Waals surface area (Å²) in [5.41, 5.74) is 7.65. The van der Waals surface area contributed by atoms with Crippen LogP contribution in [0.3, 0.4) is 0 Å². The van der Waals surface area contributed by atoms with Gasteiger partial charge in [-0.15, -0.1) is 11.3 Å². The van der Waals surface area contributed by atoms with Gasteiger partial charge in [0.2, 0.25) is 5.91 Å². The number of thiophene rings is 1. The number of amides is 1. The minimum absolute atomic E-state index is 0.138. The van der Waals surface area contributed by atoms with Crippen molar-refractivity contribution in [2.45, 2.75) is 6.42 Å². The molecule has 23 heavy (non-hydrogen) atoms. The van der Waals surface area contributed by atoms with Crippen molar-refractivity contribution in [3.8, 4) is 11.1 Å². The second-order valence-corrected chi connectivity index (χ2v) is 6.40. The maximum absolute atomic E-state index is 12.2.